The van der Waals surface area contributed by atoms with Crippen molar-refractivity contribution in [2.24, 2.45) is 10.7 Å². The van der Waals surface area contributed by atoms with Crippen LogP contribution < -0.4 is 20.5 Å². The largest absolute Gasteiger partial charge is 0.493 e. The molecule has 0 bridgehead atoms. The van der Waals surface area contributed by atoms with Crippen molar-refractivity contribution in [3.05, 3.63) is 59.2 Å². The van der Waals surface area contributed by atoms with Crippen LogP contribution in [0.25, 0.3) is 0 Å². The van der Waals surface area contributed by atoms with E-state index in [1.807, 2.05) is 18.2 Å². The molecule has 0 radical (unpaired) electrons. The summed E-state index contributed by atoms with van der Waals surface area (Å²) in [6.45, 7) is 9.99. The number of nitrogens with one attached hydrogen (secondary N) is 1. The Morgan fingerprint density at radius 2 is 1.62 bits per heavy atom. The lowest BCUT2D eigenvalue weighted by molar-refractivity contribution is 0.131. The Balaban J connectivity index is 0.00000363. The number of piperazine rings is 1. The standard InChI is InChI=1S/C24H35N5O2.HI/c1-4-28-11-13-29(14-12-28)18-21-8-6-5-7-20(21)17-27-24(25)26-16-19-9-10-22(30-2)23(15-19)31-3;/h5-10,15H,4,11-14,16-18H2,1-3H3,(H3,25,26,27);1H. The number of nitrogens with two attached hydrogens (primary N) is 1. The van der Waals surface area contributed by atoms with Gasteiger partial charge in [-0.05, 0) is 35.4 Å². The fourth-order valence-corrected chi connectivity index (χ4v) is 3.79. The first-order valence-corrected chi connectivity index (χ1v) is 10.9. The number of aliphatic imine (C=N–C) groups is 1. The van der Waals surface area contributed by atoms with Crippen molar-refractivity contribution in [3.8, 4) is 11.5 Å². The summed E-state index contributed by atoms with van der Waals surface area (Å²) in [4.78, 5) is 9.50. The van der Waals surface area contributed by atoms with E-state index in [-0.39, 0.29) is 24.0 Å². The van der Waals surface area contributed by atoms with Gasteiger partial charge in [-0.15, -0.1) is 24.0 Å². The molecular formula is C24H36IN5O2. The van der Waals surface area contributed by atoms with Gasteiger partial charge in [-0.3, -0.25) is 4.90 Å². The summed E-state index contributed by atoms with van der Waals surface area (Å²) in [7, 11) is 3.25. The van der Waals surface area contributed by atoms with E-state index in [1.54, 1.807) is 14.2 Å². The third kappa shape index (κ3) is 7.53. The molecule has 0 aromatic heterocycles. The molecule has 2 aromatic carbocycles. The number of hydrogen-bond donors (Lipinski definition) is 2. The summed E-state index contributed by atoms with van der Waals surface area (Å²) >= 11 is 0. The molecule has 176 valence electrons. The average Bonchev–Trinajstić information content (AvgIpc) is 2.82. The van der Waals surface area contributed by atoms with E-state index in [0.717, 1.165) is 44.8 Å². The fraction of sp³-hybridized carbons (Fsp3) is 0.458. The number of methoxy groups -OCH3 is 2. The number of halogens is 1. The van der Waals surface area contributed by atoms with Crippen LogP contribution >= 0.6 is 24.0 Å². The molecule has 32 heavy (non-hydrogen) atoms. The minimum atomic E-state index is 0. The van der Waals surface area contributed by atoms with Crippen LogP contribution in [-0.4, -0.2) is 62.7 Å². The SMILES string of the molecule is CCN1CCN(Cc2ccccc2CNC(N)=NCc2ccc(OC)c(OC)c2)CC1.I. The van der Waals surface area contributed by atoms with Gasteiger partial charge in [0.15, 0.2) is 17.5 Å². The van der Waals surface area contributed by atoms with Gasteiger partial charge in [0.25, 0.3) is 0 Å². The van der Waals surface area contributed by atoms with Gasteiger partial charge in [0.05, 0.1) is 20.8 Å². The summed E-state index contributed by atoms with van der Waals surface area (Å²) in [5, 5.41) is 3.26. The van der Waals surface area contributed by atoms with Crippen molar-refractivity contribution < 1.29 is 9.47 Å². The molecular weight excluding hydrogens is 517 g/mol. The van der Waals surface area contributed by atoms with E-state index >= 15 is 0 Å². The van der Waals surface area contributed by atoms with Gasteiger partial charge in [-0.2, -0.15) is 0 Å². The molecule has 3 rings (SSSR count). The summed E-state index contributed by atoms with van der Waals surface area (Å²) in [6, 6.07) is 14.3. The van der Waals surface area contributed by atoms with Crippen molar-refractivity contribution in [2.45, 2.75) is 26.6 Å². The van der Waals surface area contributed by atoms with Crippen LogP contribution in [0, 0.1) is 0 Å². The Morgan fingerprint density at radius 1 is 0.969 bits per heavy atom. The molecule has 1 aliphatic heterocycles. The maximum Gasteiger partial charge on any atom is 0.189 e. The summed E-state index contributed by atoms with van der Waals surface area (Å²) < 4.78 is 10.6. The normalized spacial score (nSPS) is 15.2. The lowest BCUT2D eigenvalue weighted by Gasteiger charge is -2.34. The number of rotatable bonds is 9. The molecule has 8 heteroatoms. The highest BCUT2D eigenvalue weighted by atomic mass is 127. The fourth-order valence-electron chi connectivity index (χ4n) is 3.79. The Morgan fingerprint density at radius 3 is 2.28 bits per heavy atom. The van der Waals surface area contributed by atoms with Crippen LogP contribution in [0.1, 0.15) is 23.6 Å². The number of guanidine groups is 1. The predicted molar refractivity (Wildman–Crippen MR) is 141 cm³/mol. The smallest absolute Gasteiger partial charge is 0.189 e. The van der Waals surface area contributed by atoms with Crippen LogP contribution in [-0.2, 0) is 19.6 Å². The van der Waals surface area contributed by atoms with Crippen molar-refractivity contribution >= 4 is 29.9 Å². The molecule has 1 aliphatic rings. The number of ether oxygens (including phenoxy) is 2. The molecule has 0 aliphatic carbocycles. The lowest BCUT2D eigenvalue weighted by Crippen LogP contribution is -2.45. The molecule has 0 saturated carbocycles. The lowest BCUT2D eigenvalue weighted by atomic mass is 10.1. The van der Waals surface area contributed by atoms with Crippen LogP contribution in [0.15, 0.2) is 47.5 Å². The molecule has 1 saturated heterocycles. The molecule has 0 atom stereocenters. The van der Waals surface area contributed by atoms with Crippen LogP contribution in [0.5, 0.6) is 11.5 Å². The first-order chi connectivity index (χ1) is 15.1. The first kappa shape index (κ1) is 26.2. The summed E-state index contributed by atoms with van der Waals surface area (Å²) in [6.07, 6.45) is 0. The molecule has 2 aromatic rings. The Bertz CT molecular complexity index is 869. The Hall–Kier alpha value is -2.04. The monoisotopic (exact) mass is 553 g/mol. The van der Waals surface area contributed by atoms with Gasteiger partial charge in [-0.25, -0.2) is 4.99 Å². The second-order valence-corrected chi connectivity index (χ2v) is 7.72. The highest BCUT2D eigenvalue weighted by molar-refractivity contribution is 14.0. The zero-order valence-corrected chi connectivity index (χ0v) is 21.7. The minimum absolute atomic E-state index is 0. The third-order valence-electron chi connectivity index (χ3n) is 5.76. The molecule has 0 amide bonds. The molecule has 0 unspecified atom stereocenters. The first-order valence-electron chi connectivity index (χ1n) is 10.9. The van der Waals surface area contributed by atoms with E-state index in [0.29, 0.717) is 30.5 Å². The number of hydrogen-bond acceptors (Lipinski definition) is 5. The van der Waals surface area contributed by atoms with Crippen LogP contribution in [0.2, 0.25) is 0 Å². The Kier molecular flexibility index (Phi) is 11.1. The highest BCUT2D eigenvalue weighted by Crippen LogP contribution is 2.27. The number of nitrogens with zero attached hydrogens (tertiary/aromatic N) is 3. The maximum absolute atomic E-state index is 6.13. The van der Waals surface area contributed by atoms with E-state index in [9.17, 15) is 0 Å². The summed E-state index contributed by atoms with van der Waals surface area (Å²) in [5.74, 6) is 1.82. The van der Waals surface area contributed by atoms with E-state index in [4.69, 9.17) is 15.2 Å². The minimum Gasteiger partial charge on any atom is -0.493 e. The number of likely N-dealkylation sites (N-methyl/N-ethyl adjacent to an activating group) is 1. The molecule has 3 N–H and O–H groups in total. The van der Waals surface area contributed by atoms with Gasteiger partial charge in [0, 0.05) is 39.3 Å². The predicted octanol–water partition coefficient (Wildman–Crippen LogP) is 3.06. The van der Waals surface area contributed by atoms with Crippen molar-refractivity contribution in [1.82, 2.24) is 15.1 Å². The zero-order chi connectivity index (χ0) is 22.1. The zero-order valence-electron chi connectivity index (χ0n) is 19.3. The molecule has 1 heterocycles. The van der Waals surface area contributed by atoms with Crippen LogP contribution in [0.3, 0.4) is 0 Å². The van der Waals surface area contributed by atoms with Crippen LogP contribution in [0.4, 0.5) is 0 Å². The second-order valence-electron chi connectivity index (χ2n) is 7.72. The average molecular weight is 553 g/mol. The highest BCUT2D eigenvalue weighted by Gasteiger charge is 2.16. The maximum atomic E-state index is 6.13. The molecule has 1 fully saturated rings. The topological polar surface area (TPSA) is 75.4 Å². The van der Waals surface area contributed by atoms with Gasteiger partial charge in [0.1, 0.15) is 0 Å². The van der Waals surface area contributed by atoms with Gasteiger partial charge in [0.2, 0.25) is 0 Å². The van der Waals surface area contributed by atoms with E-state index in [2.05, 4.69) is 51.3 Å². The summed E-state index contributed by atoms with van der Waals surface area (Å²) in [5.41, 5.74) is 9.73. The van der Waals surface area contributed by atoms with Crippen molar-refractivity contribution in [2.75, 3.05) is 46.9 Å². The van der Waals surface area contributed by atoms with Gasteiger partial charge in [-0.1, -0.05) is 37.3 Å². The Labute approximate surface area is 209 Å². The quantitative estimate of drug-likeness (QED) is 0.283. The number of benzene rings is 2. The van der Waals surface area contributed by atoms with E-state index in [1.165, 1.54) is 11.1 Å². The van der Waals surface area contributed by atoms with Gasteiger partial charge < -0.3 is 25.4 Å². The molecule has 7 nitrogen and oxygen atoms in total. The van der Waals surface area contributed by atoms with Gasteiger partial charge >= 0.3 is 0 Å². The molecule has 0 spiro atoms. The second kappa shape index (κ2) is 13.5. The van der Waals surface area contributed by atoms with E-state index < -0.39 is 0 Å². The van der Waals surface area contributed by atoms with Crippen molar-refractivity contribution in [1.29, 1.82) is 0 Å². The third-order valence-corrected chi connectivity index (χ3v) is 5.76. The van der Waals surface area contributed by atoms with Crippen molar-refractivity contribution in [3.63, 3.8) is 0 Å².